The van der Waals surface area contributed by atoms with Crippen LogP contribution in [0.4, 0.5) is 4.79 Å². The van der Waals surface area contributed by atoms with Crippen LogP contribution in [0.3, 0.4) is 0 Å². The zero-order chi connectivity index (χ0) is 15.5. The summed E-state index contributed by atoms with van der Waals surface area (Å²) >= 11 is 0. The third kappa shape index (κ3) is 2.42. The van der Waals surface area contributed by atoms with E-state index in [1.165, 1.54) is 0 Å². The van der Waals surface area contributed by atoms with Gasteiger partial charge in [0, 0.05) is 6.54 Å². The molecule has 1 aliphatic rings. The van der Waals surface area contributed by atoms with Crippen molar-refractivity contribution < 1.29 is 14.4 Å². The summed E-state index contributed by atoms with van der Waals surface area (Å²) < 4.78 is 0. The van der Waals surface area contributed by atoms with E-state index in [0.29, 0.717) is 12.1 Å². The molecule has 1 aromatic rings. The van der Waals surface area contributed by atoms with Crippen LogP contribution in [0, 0.1) is 0 Å². The van der Waals surface area contributed by atoms with Crippen molar-refractivity contribution in [2.24, 2.45) is 0 Å². The van der Waals surface area contributed by atoms with E-state index in [0.717, 1.165) is 11.3 Å². The van der Waals surface area contributed by atoms with Gasteiger partial charge in [-0.25, -0.2) is 4.79 Å². The maximum atomic E-state index is 12.8. The van der Waals surface area contributed by atoms with Crippen molar-refractivity contribution in [2.75, 3.05) is 13.1 Å². The summed E-state index contributed by atoms with van der Waals surface area (Å²) in [5, 5.41) is 5.30. The molecule has 1 heterocycles. The molecule has 2 rings (SSSR count). The number of amides is 4. The van der Waals surface area contributed by atoms with Crippen LogP contribution in [0.15, 0.2) is 30.3 Å². The number of likely N-dealkylation sites (N-methyl/N-ethyl adjacent to an activating group) is 1. The van der Waals surface area contributed by atoms with Gasteiger partial charge in [0.15, 0.2) is 0 Å². The Balaban J connectivity index is 2.54. The van der Waals surface area contributed by atoms with Crippen molar-refractivity contribution in [1.82, 2.24) is 15.5 Å². The van der Waals surface area contributed by atoms with E-state index in [1.54, 1.807) is 31.2 Å². The second kappa shape index (κ2) is 6.05. The van der Waals surface area contributed by atoms with E-state index in [-0.39, 0.29) is 6.54 Å². The highest BCUT2D eigenvalue weighted by Gasteiger charge is 2.54. The lowest BCUT2D eigenvalue weighted by Crippen LogP contribution is -2.71. The number of barbiturate groups is 1. The molecule has 6 heteroatoms. The summed E-state index contributed by atoms with van der Waals surface area (Å²) in [4.78, 5) is 38.1. The second-order valence-electron chi connectivity index (χ2n) is 4.85. The first-order valence-corrected chi connectivity index (χ1v) is 7.05. The van der Waals surface area contributed by atoms with Crippen LogP contribution in [-0.2, 0) is 15.1 Å². The van der Waals surface area contributed by atoms with E-state index in [9.17, 15) is 14.4 Å². The van der Waals surface area contributed by atoms with Crippen LogP contribution in [0.2, 0.25) is 0 Å². The minimum atomic E-state index is -1.54. The SMILES string of the molecule is CCCNC1(c2ccccc2)C(=O)NC(=O)N(CC)C1=O. The molecule has 0 radical (unpaired) electrons. The Kier molecular flexibility index (Phi) is 4.37. The molecule has 0 aliphatic carbocycles. The Morgan fingerprint density at radius 3 is 2.38 bits per heavy atom. The summed E-state index contributed by atoms with van der Waals surface area (Å²) in [5.74, 6) is -1.15. The fourth-order valence-corrected chi connectivity index (χ4v) is 2.45. The van der Waals surface area contributed by atoms with Gasteiger partial charge >= 0.3 is 6.03 Å². The van der Waals surface area contributed by atoms with Gasteiger partial charge in [0.05, 0.1) is 0 Å². The average Bonchev–Trinajstić information content (AvgIpc) is 2.49. The lowest BCUT2D eigenvalue weighted by Gasteiger charge is -2.39. The van der Waals surface area contributed by atoms with Gasteiger partial charge in [-0.3, -0.25) is 25.1 Å². The smallest absolute Gasteiger partial charge is 0.292 e. The Bertz CT molecular complexity index is 559. The minimum Gasteiger partial charge on any atom is -0.292 e. The summed E-state index contributed by atoms with van der Waals surface area (Å²) in [7, 11) is 0. The highest BCUT2D eigenvalue weighted by Crippen LogP contribution is 2.27. The summed E-state index contributed by atoms with van der Waals surface area (Å²) in [6.45, 7) is 4.34. The maximum Gasteiger partial charge on any atom is 0.330 e. The molecule has 0 saturated carbocycles. The van der Waals surface area contributed by atoms with Crippen molar-refractivity contribution in [3.8, 4) is 0 Å². The highest BCUT2D eigenvalue weighted by atomic mass is 16.2. The Morgan fingerprint density at radius 2 is 1.81 bits per heavy atom. The molecule has 4 amide bonds. The van der Waals surface area contributed by atoms with E-state index < -0.39 is 23.4 Å². The zero-order valence-corrected chi connectivity index (χ0v) is 12.2. The molecule has 0 aromatic heterocycles. The Labute approximate surface area is 123 Å². The molecule has 1 unspecified atom stereocenters. The van der Waals surface area contributed by atoms with Crippen LogP contribution in [0.5, 0.6) is 0 Å². The fraction of sp³-hybridized carbons (Fsp3) is 0.400. The lowest BCUT2D eigenvalue weighted by molar-refractivity contribution is -0.147. The van der Waals surface area contributed by atoms with Crippen LogP contribution in [-0.4, -0.2) is 35.8 Å². The Hall–Kier alpha value is -2.21. The van der Waals surface area contributed by atoms with E-state index in [4.69, 9.17) is 0 Å². The molecular weight excluding hydrogens is 270 g/mol. The molecule has 1 aliphatic heterocycles. The zero-order valence-electron chi connectivity index (χ0n) is 12.2. The van der Waals surface area contributed by atoms with Crippen molar-refractivity contribution in [3.05, 3.63) is 35.9 Å². The predicted molar refractivity (Wildman–Crippen MR) is 77.3 cm³/mol. The largest absolute Gasteiger partial charge is 0.330 e. The van der Waals surface area contributed by atoms with Crippen molar-refractivity contribution in [3.63, 3.8) is 0 Å². The normalized spacial score (nSPS) is 22.4. The minimum absolute atomic E-state index is 0.209. The average molecular weight is 289 g/mol. The monoisotopic (exact) mass is 289 g/mol. The third-order valence-electron chi connectivity index (χ3n) is 3.54. The molecule has 0 spiro atoms. The van der Waals surface area contributed by atoms with Crippen LogP contribution < -0.4 is 10.6 Å². The molecule has 1 atom stereocenters. The molecule has 2 N–H and O–H groups in total. The standard InChI is InChI=1S/C15H19N3O3/c1-3-10-16-15(11-8-6-5-7-9-11)12(19)17-14(21)18(4-2)13(15)20/h5-9,16H,3-4,10H2,1-2H3,(H,17,19,21). The number of benzene rings is 1. The first-order valence-electron chi connectivity index (χ1n) is 7.05. The number of carbonyl (C=O) groups excluding carboxylic acids is 3. The number of urea groups is 1. The highest BCUT2D eigenvalue weighted by molar-refractivity contribution is 6.22. The van der Waals surface area contributed by atoms with E-state index >= 15 is 0 Å². The van der Waals surface area contributed by atoms with E-state index in [1.807, 2.05) is 13.0 Å². The van der Waals surface area contributed by atoms with Crippen molar-refractivity contribution in [2.45, 2.75) is 25.8 Å². The number of nitrogens with one attached hydrogen (secondary N) is 2. The van der Waals surface area contributed by atoms with Crippen LogP contribution in [0.25, 0.3) is 0 Å². The number of rotatable bonds is 5. The lowest BCUT2D eigenvalue weighted by atomic mass is 9.85. The number of hydrogen-bond donors (Lipinski definition) is 2. The van der Waals surface area contributed by atoms with Gasteiger partial charge in [0.1, 0.15) is 0 Å². The second-order valence-corrected chi connectivity index (χ2v) is 4.85. The van der Waals surface area contributed by atoms with Gasteiger partial charge in [0.2, 0.25) is 5.54 Å². The number of hydrogen-bond acceptors (Lipinski definition) is 4. The summed E-state index contributed by atoms with van der Waals surface area (Å²) in [6.07, 6.45) is 0.759. The first kappa shape index (κ1) is 15.2. The van der Waals surface area contributed by atoms with Crippen LogP contribution in [0.1, 0.15) is 25.8 Å². The number of nitrogens with zero attached hydrogens (tertiary/aromatic N) is 1. The molecule has 112 valence electrons. The van der Waals surface area contributed by atoms with Gasteiger partial charge < -0.3 is 0 Å². The summed E-state index contributed by atoms with van der Waals surface area (Å²) in [6, 6.07) is 8.09. The molecule has 6 nitrogen and oxygen atoms in total. The molecule has 1 saturated heterocycles. The van der Waals surface area contributed by atoms with Gasteiger partial charge in [0.25, 0.3) is 11.8 Å². The molecule has 0 bridgehead atoms. The third-order valence-corrected chi connectivity index (χ3v) is 3.54. The number of carbonyl (C=O) groups is 3. The van der Waals surface area contributed by atoms with Gasteiger partial charge in [-0.2, -0.15) is 0 Å². The molecule has 21 heavy (non-hydrogen) atoms. The van der Waals surface area contributed by atoms with Gasteiger partial charge in [-0.15, -0.1) is 0 Å². The van der Waals surface area contributed by atoms with Gasteiger partial charge in [-0.05, 0) is 25.5 Å². The quantitative estimate of drug-likeness (QED) is 0.792. The van der Waals surface area contributed by atoms with E-state index in [2.05, 4.69) is 10.6 Å². The van der Waals surface area contributed by atoms with Crippen molar-refractivity contribution in [1.29, 1.82) is 0 Å². The maximum absolute atomic E-state index is 12.8. The predicted octanol–water partition coefficient (Wildman–Crippen LogP) is 0.980. The Morgan fingerprint density at radius 1 is 1.14 bits per heavy atom. The fourth-order valence-electron chi connectivity index (χ4n) is 2.45. The van der Waals surface area contributed by atoms with Gasteiger partial charge in [-0.1, -0.05) is 37.3 Å². The van der Waals surface area contributed by atoms with Crippen molar-refractivity contribution >= 4 is 17.8 Å². The topological polar surface area (TPSA) is 78.5 Å². The molecule has 1 fully saturated rings. The number of imide groups is 2. The summed E-state index contributed by atoms with van der Waals surface area (Å²) in [5.41, 5.74) is -1.01. The molecule has 1 aromatic carbocycles. The molecular formula is C15H19N3O3. The van der Waals surface area contributed by atoms with Crippen LogP contribution >= 0.6 is 0 Å². The first-order chi connectivity index (χ1) is 10.1.